The smallest absolute Gasteiger partial charge is 0.316 e. The maximum atomic E-state index is 12.4. The normalized spacial score (nSPS) is 12.5. The fourth-order valence-electron chi connectivity index (χ4n) is 2.23. The van der Waals surface area contributed by atoms with Gasteiger partial charge in [-0.1, -0.05) is 23.1 Å². The number of esters is 1. The first-order valence-electron chi connectivity index (χ1n) is 7.96. The molecule has 0 saturated carbocycles. The molecule has 3 rings (SSSR count). The van der Waals surface area contributed by atoms with Gasteiger partial charge in [0.25, 0.3) is 0 Å². The SMILES string of the molecule is COC(=O)CSc1nnc(NC(=O)CN(c2ccc3c(c2)OCO3)S(C)(=O)=O)s1. The van der Waals surface area contributed by atoms with E-state index >= 15 is 0 Å². The molecular formula is C15H16N4O7S3. The number of amides is 1. The molecule has 11 nitrogen and oxygen atoms in total. The molecule has 1 N–H and O–H groups in total. The van der Waals surface area contributed by atoms with Crippen molar-refractivity contribution in [3.8, 4) is 11.5 Å². The van der Waals surface area contributed by atoms with E-state index in [4.69, 9.17) is 9.47 Å². The zero-order valence-electron chi connectivity index (χ0n) is 15.3. The van der Waals surface area contributed by atoms with E-state index in [1.54, 1.807) is 6.07 Å². The molecule has 0 fully saturated rings. The van der Waals surface area contributed by atoms with Gasteiger partial charge in [-0.05, 0) is 12.1 Å². The van der Waals surface area contributed by atoms with E-state index < -0.39 is 28.4 Å². The van der Waals surface area contributed by atoms with Gasteiger partial charge in [0.05, 0.1) is 24.8 Å². The minimum Gasteiger partial charge on any atom is -0.468 e. The van der Waals surface area contributed by atoms with Crippen molar-refractivity contribution in [2.75, 3.05) is 42.1 Å². The summed E-state index contributed by atoms with van der Waals surface area (Å²) in [5.74, 6) is -0.0621. The number of nitrogens with zero attached hydrogens (tertiary/aromatic N) is 3. The van der Waals surface area contributed by atoms with Crippen LogP contribution >= 0.6 is 23.1 Å². The Labute approximate surface area is 174 Å². The predicted molar refractivity (Wildman–Crippen MR) is 106 cm³/mol. The maximum absolute atomic E-state index is 12.4. The standard InChI is InChI=1S/C15H16N4O7S3/c1-24-13(21)7-27-15-18-17-14(28-15)16-12(20)6-19(29(2,22)23)9-3-4-10-11(5-9)26-8-25-10/h3-5H,6-8H2,1-2H3,(H,16,17,20). The number of anilines is 2. The monoisotopic (exact) mass is 460 g/mol. The second-order valence-corrected chi connectivity index (χ2v) is 9.70. The average molecular weight is 461 g/mol. The molecule has 2 heterocycles. The van der Waals surface area contributed by atoms with Crippen molar-refractivity contribution in [2.24, 2.45) is 0 Å². The summed E-state index contributed by atoms with van der Waals surface area (Å²) < 4.78 is 40.8. The van der Waals surface area contributed by atoms with Crippen molar-refractivity contribution in [2.45, 2.75) is 4.34 Å². The second kappa shape index (κ2) is 8.84. The third-order valence-electron chi connectivity index (χ3n) is 3.53. The molecule has 1 aromatic carbocycles. The minimum atomic E-state index is -3.75. The van der Waals surface area contributed by atoms with Crippen molar-refractivity contribution >= 4 is 55.8 Å². The van der Waals surface area contributed by atoms with E-state index in [-0.39, 0.29) is 23.4 Å². The van der Waals surface area contributed by atoms with Crippen molar-refractivity contribution in [1.82, 2.24) is 10.2 Å². The Kier molecular flexibility index (Phi) is 6.44. The summed E-state index contributed by atoms with van der Waals surface area (Å²) in [6, 6.07) is 4.58. The molecule has 1 amide bonds. The number of thioether (sulfide) groups is 1. The van der Waals surface area contributed by atoms with Crippen molar-refractivity contribution in [3.05, 3.63) is 18.2 Å². The number of ether oxygens (including phenoxy) is 3. The van der Waals surface area contributed by atoms with Crippen molar-refractivity contribution in [3.63, 3.8) is 0 Å². The van der Waals surface area contributed by atoms with Gasteiger partial charge in [-0.25, -0.2) is 8.42 Å². The van der Waals surface area contributed by atoms with E-state index in [1.807, 2.05) is 0 Å². The molecule has 0 atom stereocenters. The fourth-order valence-corrected chi connectivity index (χ4v) is 4.68. The number of hydrogen-bond donors (Lipinski definition) is 1. The van der Waals surface area contributed by atoms with Crippen LogP contribution in [0.4, 0.5) is 10.8 Å². The lowest BCUT2D eigenvalue weighted by Crippen LogP contribution is -2.37. The van der Waals surface area contributed by atoms with Crippen LogP contribution in [0.25, 0.3) is 0 Å². The van der Waals surface area contributed by atoms with Crippen molar-refractivity contribution < 1.29 is 32.2 Å². The Morgan fingerprint density at radius 1 is 1.31 bits per heavy atom. The van der Waals surface area contributed by atoms with Gasteiger partial charge in [0, 0.05) is 6.07 Å². The lowest BCUT2D eigenvalue weighted by atomic mass is 10.3. The number of benzene rings is 1. The number of methoxy groups -OCH3 is 1. The van der Waals surface area contributed by atoms with Gasteiger partial charge >= 0.3 is 5.97 Å². The highest BCUT2D eigenvalue weighted by Crippen LogP contribution is 2.36. The van der Waals surface area contributed by atoms with Crippen LogP contribution in [0.2, 0.25) is 0 Å². The molecule has 0 radical (unpaired) electrons. The highest BCUT2D eigenvalue weighted by Gasteiger charge is 2.24. The predicted octanol–water partition coefficient (Wildman–Crippen LogP) is 0.937. The first-order valence-corrected chi connectivity index (χ1v) is 11.6. The number of rotatable bonds is 8. The number of sulfonamides is 1. The number of aromatic nitrogens is 2. The Morgan fingerprint density at radius 3 is 2.79 bits per heavy atom. The lowest BCUT2D eigenvalue weighted by molar-refractivity contribution is -0.137. The van der Waals surface area contributed by atoms with Gasteiger partial charge in [0.15, 0.2) is 15.8 Å². The Hall–Kier alpha value is -2.58. The molecular weight excluding hydrogens is 444 g/mol. The van der Waals surface area contributed by atoms with Crippen LogP contribution in [0, 0.1) is 0 Å². The van der Waals surface area contributed by atoms with E-state index in [0.717, 1.165) is 33.7 Å². The van der Waals surface area contributed by atoms with Crippen LogP contribution in [-0.4, -0.2) is 62.9 Å². The van der Waals surface area contributed by atoms with E-state index in [9.17, 15) is 18.0 Å². The van der Waals surface area contributed by atoms with E-state index in [0.29, 0.717) is 15.8 Å². The van der Waals surface area contributed by atoms with Crippen LogP contribution < -0.4 is 19.1 Å². The van der Waals surface area contributed by atoms with Crippen LogP contribution in [0.15, 0.2) is 22.5 Å². The summed E-state index contributed by atoms with van der Waals surface area (Å²) in [6.07, 6.45) is 0.997. The fraction of sp³-hybridized carbons (Fsp3) is 0.333. The van der Waals surface area contributed by atoms with Crippen LogP contribution in [0.3, 0.4) is 0 Å². The van der Waals surface area contributed by atoms with Crippen LogP contribution in [0.1, 0.15) is 0 Å². The molecule has 14 heteroatoms. The summed E-state index contributed by atoms with van der Waals surface area (Å²) >= 11 is 2.17. The molecule has 29 heavy (non-hydrogen) atoms. The molecule has 2 aromatic rings. The molecule has 0 unspecified atom stereocenters. The van der Waals surface area contributed by atoms with Gasteiger partial charge < -0.3 is 14.2 Å². The number of hydrogen-bond acceptors (Lipinski definition) is 11. The Morgan fingerprint density at radius 2 is 2.07 bits per heavy atom. The molecule has 1 aliphatic rings. The lowest BCUT2D eigenvalue weighted by Gasteiger charge is -2.21. The van der Waals surface area contributed by atoms with Gasteiger partial charge in [0.1, 0.15) is 6.54 Å². The summed E-state index contributed by atoms with van der Waals surface area (Å²) in [6.45, 7) is -0.422. The number of carbonyl (C=O) groups excluding carboxylic acids is 2. The van der Waals surface area contributed by atoms with Gasteiger partial charge in [0.2, 0.25) is 27.9 Å². The molecule has 0 aliphatic carbocycles. The average Bonchev–Trinajstić information content (AvgIpc) is 3.31. The number of nitrogens with one attached hydrogen (secondary N) is 1. The van der Waals surface area contributed by atoms with Crippen LogP contribution in [-0.2, 0) is 24.3 Å². The van der Waals surface area contributed by atoms with Gasteiger partial charge in [-0.2, -0.15) is 0 Å². The molecule has 0 spiro atoms. The summed E-state index contributed by atoms with van der Waals surface area (Å²) in [4.78, 5) is 23.5. The molecule has 156 valence electrons. The molecule has 1 aliphatic heterocycles. The summed E-state index contributed by atoms with van der Waals surface area (Å²) in [5.41, 5.74) is 0.262. The largest absolute Gasteiger partial charge is 0.468 e. The third-order valence-corrected chi connectivity index (χ3v) is 6.61. The van der Waals surface area contributed by atoms with E-state index in [1.165, 1.54) is 19.2 Å². The highest BCUT2D eigenvalue weighted by atomic mass is 32.2. The van der Waals surface area contributed by atoms with Crippen molar-refractivity contribution in [1.29, 1.82) is 0 Å². The first kappa shape index (κ1) is 21.1. The summed E-state index contributed by atoms with van der Waals surface area (Å²) in [5, 5.41) is 10.3. The number of fused-ring (bicyclic) bond motifs is 1. The highest BCUT2D eigenvalue weighted by molar-refractivity contribution is 8.01. The first-order chi connectivity index (χ1) is 13.8. The Balaban J connectivity index is 1.67. The summed E-state index contributed by atoms with van der Waals surface area (Å²) in [7, 11) is -2.47. The second-order valence-electron chi connectivity index (χ2n) is 5.59. The number of carbonyl (C=O) groups is 2. The van der Waals surface area contributed by atoms with Gasteiger partial charge in [-0.3, -0.25) is 19.2 Å². The molecule has 0 saturated heterocycles. The van der Waals surface area contributed by atoms with E-state index in [2.05, 4.69) is 20.3 Å². The van der Waals surface area contributed by atoms with Crippen LogP contribution in [0.5, 0.6) is 11.5 Å². The maximum Gasteiger partial charge on any atom is 0.316 e. The minimum absolute atomic E-state index is 0.0471. The third kappa shape index (κ3) is 5.48. The Bertz CT molecular complexity index is 1020. The quantitative estimate of drug-likeness (QED) is 0.344. The topological polar surface area (TPSA) is 137 Å². The zero-order chi connectivity index (χ0) is 21.0. The zero-order valence-corrected chi connectivity index (χ0v) is 17.7. The molecule has 0 bridgehead atoms. The van der Waals surface area contributed by atoms with Gasteiger partial charge in [-0.15, -0.1) is 10.2 Å². The molecule has 1 aromatic heterocycles.